The topological polar surface area (TPSA) is 43.8 Å². The van der Waals surface area contributed by atoms with Gasteiger partial charge in [0, 0.05) is 6.42 Å². The van der Waals surface area contributed by atoms with Gasteiger partial charge in [-0.2, -0.15) is 0 Å². The average Bonchev–Trinajstić information content (AvgIpc) is 2.69. The molecule has 98 valence electrons. The molecule has 0 saturated heterocycles. The Morgan fingerprint density at radius 2 is 2.11 bits per heavy atom. The minimum Gasteiger partial charge on any atom is -0.384 e. The van der Waals surface area contributed by atoms with Crippen molar-refractivity contribution in [2.24, 2.45) is 5.92 Å². The van der Waals surface area contributed by atoms with Crippen molar-refractivity contribution in [2.75, 3.05) is 5.73 Å². The number of aryl methyl sites for hydroxylation is 1. The lowest BCUT2D eigenvalue weighted by molar-refractivity contribution is 0.355. The van der Waals surface area contributed by atoms with Crippen molar-refractivity contribution in [3.63, 3.8) is 0 Å². The van der Waals surface area contributed by atoms with Crippen molar-refractivity contribution in [1.82, 2.24) is 9.55 Å². The Balaban J connectivity index is 2.14. The predicted molar refractivity (Wildman–Crippen MR) is 75.1 cm³/mol. The Hall–Kier alpha value is -1.43. The van der Waals surface area contributed by atoms with E-state index in [1.165, 1.54) is 32.1 Å². The van der Waals surface area contributed by atoms with Crippen molar-refractivity contribution in [2.45, 2.75) is 58.4 Å². The summed E-state index contributed by atoms with van der Waals surface area (Å²) in [4.78, 5) is 4.68. The van der Waals surface area contributed by atoms with Gasteiger partial charge in [0.05, 0.1) is 12.2 Å². The van der Waals surface area contributed by atoms with E-state index in [0.717, 1.165) is 36.1 Å². The summed E-state index contributed by atoms with van der Waals surface area (Å²) in [5, 5.41) is 0. The van der Waals surface area contributed by atoms with Gasteiger partial charge in [0.15, 0.2) is 0 Å². The fourth-order valence-electron chi connectivity index (χ4n) is 2.92. The number of imidazole rings is 1. The predicted octanol–water partition coefficient (Wildman–Crippen LogP) is 2.78. The zero-order chi connectivity index (χ0) is 13.0. The van der Waals surface area contributed by atoms with Crippen LogP contribution in [0.25, 0.3) is 0 Å². The van der Waals surface area contributed by atoms with E-state index < -0.39 is 0 Å². The van der Waals surface area contributed by atoms with Crippen molar-refractivity contribution in [3.8, 4) is 12.3 Å². The van der Waals surface area contributed by atoms with Crippen molar-refractivity contribution in [3.05, 3.63) is 11.5 Å². The number of aromatic nitrogens is 2. The second-order valence-electron chi connectivity index (χ2n) is 5.21. The second-order valence-corrected chi connectivity index (χ2v) is 5.21. The van der Waals surface area contributed by atoms with Crippen molar-refractivity contribution >= 4 is 5.82 Å². The molecule has 0 amide bonds. The maximum absolute atomic E-state index is 6.19. The van der Waals surface area contributed by atoms with Gasteiger partial charge in [-0.1, -0.05) is 44.9 Å². The normalized spacial score (nSPS) is 16.7. The van der Waals surface area contributed by atoms with Gasteiger partial charge < -0.3 is 10.3 Å². The molecule has 0 aromatic carbocycles. The molecule has 0 unspecified atom stereocenters. The molecule has 0 atom stereocenters. The molecule has 0 radical (unpaired) electrons. The first-order valence-corrected chi connectivity index (χ1v) is 7.03. The molecule has 2 N–H and O–H groups in total. The van der Waals surface area contributed by atoms with E-state index in [4.69, 9.17) is 12.2 Å². The van der Waals surface area contributed by atoms with Gasteiger partial charge in [-0.15, -0.1) is 6.42 Å². The van der Waals surface area contributed by atoms with E-state index in [2.05, 4.69) is 17.8 Å². The molecule has 3 heteroatoms. The van der Waals surface area contributed by atoms with E-state index in [0.29, 0.717) is 6.54 Å². The van der Waals surface area contributed by atoms with E-state index in [1.54, 1.807) is 0 Å². The number of hydrogen-bond acceptors (Lipinski definition) is 2. The van der Waals surface area contributed by atoms with E-state index in [9.17, 15) is 0 Å². The highest BCUT2D eigenvalue weighted by atomic mass is 15.1. The number of nitrogens with two attached hydrogens (primary N) is 1. The molecule has 1 saturated carbocycles. The largest absolute Gasteiger partial charge is 0.384 e. The van der Waals surface area contributed by atoms with Crippen LogP contribution in [0.1, 0.15) is 50.5 Å². The number of terminal acetylenes is 1. The SMILES string of the molecule is C#CCn1c(CC)nc(CC2CCCCC2)c1N. The smallest absolute Gasteiger partial charge is 0.127 e. The number of nitrogens with zero attached hydrogens (tertiary/aromatic N) is 2. The molecule has 1 fully saturated rings. The molecule has 1 aromatic rings. The zero-order valence-electron chi connectivity index (χ0n) is 11.3. The molecule has 0 spiro atoms. The molecule has 1 aliphatic rings. The highest BCUT2D eigenvalue weighted by Gasteiger charge is 2.19. The lowest BCUT2D eigenvalue weighted by atomic mass is 9.86. The summed E-state index contributed by atoms with van der Waals surface area (Å²) in [5.41, 5.74) is 7.25. The quantitative estimate of drug-likeness (QED) is 0.829. The Morgan fingerprint density at radius 1 is 1.39 bits per heavy atom. The third kappa shape index (κ3) is 2.69. The van der Waals surface area contributed by atoms with Crippen LogP contribution in [0.4, 0.5) is 5.82 Å². The van der Waals surface area contributed by atoms with E-state index >= 15 is 0 Å². The van der Waals surface area contributed by atoms with Crippen LogP contribution in [0, 0.1) is 18.3 Å². The first-order chi connectivity index (χ1) is 8.76. The first-order valence-electron chi connectivity index (χ1n) is 7.03. The average molecular weight is 245 g/mol. The Bertz CT molecular complexity index is 433. The Morgan fingerprint density at radius 3 is 2.72 bits per heavy atom. The van der Waals surface area contributed by atoms with Crippen molar-refractivity contribution in [1.29, 1.82) is 0 Å². The van der Waals surface area contributed by atoms with Gasteiger partial charge >= 0.3 is 0 Å². The third-order valence-corrected chi connectivity index (χ3v) is 3.93. The van der Waals surface area contributed by atoms with Crippen LogP contribution in [0.3, 0.4) is 0 Å². The number of nitrogen functional groups attached to an aromatic ring is 1. The fraction of sp³-hybridized carbons (Fsp3) is 0.667. The summed E-state index contributed by atoms with van der Waals surface area (Å²) >= 11 is 0. The van der Waals surface area contributed by atoms with Crippen LogP contribution >= 0.6 is 0 Å². The molecule has 2 rings (SSSR count). The van der Waals surface area contributed by atoms with Crippen LogP contribution in [-0.2, 0) is 19.4 Å². The molecule has 18 heavy (non-hydrogen) atoms. The van der Waals surface area contributed by atoms with Gasteiger partial charge in [-0.05, 0) is 12.3 Å². The molecule has 1 heterocycles. The molecule has 1 aromatic heterocycles. The molecule has 3 nitrogen and oxygen atoms in total. The van der Waals surface area contributed by atoms with Crippen LogP contribution in [-0.4, -0.2) is 9.55 Å². The molecule has 0 aliphatic heterocycles. The number of anilines is 1. The van der Waals surface area contributed by atoms with Gasteiger partial charge in [-0.3, -0.25) is 0 Å². The lowest BCUT2D eigenvalue weighted by Gasteiger charge is -2.20. The summed E-state index contributed by atoms with van der Waals surface area (Å²) in [6.45, 7) is 2.63. The van der Waals surface area contributed by atoms with Crippen LogP contribution in [0.15, 0.2) is 0 Å². The summed E-state index contributed by atoms with van der Waals surface area (Å²) in [6.07, 6.45) is 14.0. The molecular weight excluding hydrogens is 222 g/mol. The monoisotopic (exact) mass is 245 g/mol. The van der Waals surface area contributed by atoms with Crippen LogP contribution in [0.5, 0.6) is 0 Å². The summed E-state index contributed by atoms with van der Waals surface area (Å²) < 4.78 is 1.98. The Labute approximate surface area is 110 Å². The van der Waals surface area contributed by atoms with Gasteiger partial charge in [0.1, 0.15) is 11.6 Å². The maximum atomic E-state index is 6.19. The van der Waals surface area contributed by atoms with Gasteiger partial charge in [0.2, 0.25) is 0 Å². The third-order valence-electron chi connectivity index (χ3n) is 3.93. The van der Waals surface area contributed by atoms with Crippen LogP contribution < -0.4 is 5.73 Å². The molecule has 1 aliphatic carbocycles. The second kappa shape index (κ2) is 5.95. The summed E-state index contributed by atoms with van der Waals surface area (Å²) in [5.74, 6) is 5.24. The van der Waals surface area contributed by atoms with E-state index in [1.807, 2.05) is 4.57 Å². The number of hydrogen-bond donors (Lipinski definition) is 1. The number of rotatable bonds is 4. The summed E-state index contributed by atoms with van der Waals surface area (Å²) in [7, 11) is 0. The summed E-state index contributed by atoms with van der Waals surface area (Å²) in [6, 6.07) is 0. The van der Waals surface area contributed by atoms with Gasteiger partial charge in [0.25, 0.3) is 0 Å². The highest BCUT2D eigenvalue weighted by Crippen LogP contribution is 2.28. The van der Waals surface area contributed by atoms with E-state index in [-0.39, 0.29) is 0 Å². The fourth-order valence-corrected chi connectivity index (χ4v) is 2.92. The van der Waals surface area contributed by atoms with Gasteiger partial charge in [-0.25, -0.2) is 4.98 Å². The standard InChI is InChI=1S/C15H23N3/c1-3-10-18-14(4-2)17-13(15(18)16)11-12-8-6-5-7-9-12/h1,12H,4-11,16H2,2H3. The van der Waals surface area contributed by atoms with Crippen molar-refractivity contribution < 1.29 is 0 Å². The molecule has 0 bridgehead atoms. The molecular formula is C15H23N3. The lowest BCUT2D eigenvalue weighted by Crippen LogP contribution is -2.11. The highest BCUT2D eigenvalue weighted by molar-refractivity contribution is 5.39. The first kappa shape index (κ1) is 13.0. The zero-order valence-corrected chi connectivity index (χ0v) is 11.3. The maximum Gasteiger partial charge on any atom is 0.127 e. The van der Waals surface area contributed by atoms with Crippen LogP contribution in [0.2, 0.25) is 0 Å². The minimum atomic E-state index is 0.534. The Kier molecular flexibility index (Phi) is 4.30. The minimum absolute atomic E-state index is 0.534.